The van der Waals surface area contributed by atoms with Gasteiger partial charge in [-0.15, -0.1) is 0 Å². The molecular weight excluding hydrogens is 454 g/mol. The fraction of sp³-hybridized carbons (Fsp3) is 0.500. The third-order valence-corrected chi connectivity index (χ3v) is 6.42. The van der Waals surface area contributed by atoms with E-state index in [1.165, 1.54) is 17.9 Å². The van der Waals surface area contributed by atoms with E-state index in [-0.39, 0.29) is 48.5 Å². The maximum Gasteiger partial charge on any atom is 0.272 e. The van der Waals surface area contributed by atoms with Gasteiger partial charge in [0.05, 0.1) is 17.6 Å². The Bertz CT molecular complexity index is 1160. The van der Waals surface area contributed by atoms with Crippen LogP contribution in [0.2, 0.25) is 0 Å². The van der Waals surface area contributed by atoms with Gasteiger partial charge >= 0.3 is 0 Å². The molecule has 13 heteroatoms. The van der Waals surface area contributed by atoms with E-state index in [1.54, 1.807) is 6.92 Å². The third kappa shape index (κ3) is 5.67. The first-order valence-corrected chi connectivity index (χ1v) is 11.9. The predicted octanol–water partition coefficient (Wildman–Crippen LogP) is 2.29. The number of nitrogens with zero attached hydrogens (tertiary/aromatic N) is 3. The van der Waals surface area contributed by atoms with Crippen molar-refractivity contribution in [3.05, 3.63) is 39.6 Å². The first-order valence-electron chi connectivity index (χ1n) is 10.4. The Morgan fingerprint density at radius 1 is 1.36 bits per heavy atom. The van der Waals surface area contributed by atoms with Gasteiger partial charge in [0.1, 0.15) is 10.6 Å². The van der Waals surface area contributed by atoms with Gasteiger partial charge in [0.2, 0.25) is 15.9 Å². The van der Waals surface area contributed by atoms with Crippen LogP contribution in [0.25, 0.3) is 0 Å². The van der Waals surface area contributed by atoms with E-state index in [0.717, 1.165) is 25.0 Å². The number of ether oxygens (including phenoxy) is 2. The van der Waals surface area contributed by atoms with E-state index < -0.39 is 25.5 Å². The normalized spacial score (nSPS) is 13.8. The number of carbonyl (C=O) groups is 1. The molecule has 0 bridgehead atoms. The van der Waals surface area contributed by atoms with Crippen LogP contribution >= 0.6 is 0 Å². The van der Waals surface area contributed by atoms with Gasteiger partial charge in [-0.3, -0.25) is 14.9 Å². The summed E-state index contributed by atoms with van der Waals surface area (Å²) in [5.41, 5.74) is 0.194. The average Bonchev–Trinajstić information content (AvgIpc) is 3.50. The molecule has 0 unspecified atom stereocenters. The number of carbonyl (C=O) groups excluding carboxylic acids is 1. The van der Waals surface area contributed by atoms with Crippen LogP contribution < -0.4 is 14.8 Å². The summed E-state index contributed by atoms with van der Waals surface area (Å²) in [5, 5.41) is 18.5. The molecule has 1 aliphatic rings. The molecule has 12 nitrogen and oxygen atoms in total. The fourth-order valence-electron chi connectivity index (χ4n) is 3.04. The zero-order chi connectivity index (χ0) is 24.3. The lowest BCUT2D eigenvalue weighted by Gasteiger charge is -2.15. The van der Waals surface area contributed by atoms with Gasteiger partial charge in [-0.2, -0.15) is 5.10 Å². The highest BCUT2D eigenvalue weighted by Crippen LogP contribution is 2.35. The Morgan fingerprint density at radius 3 is 2.64 bits per heavy atom. The second kappa shape index (κ2) is 9.85. The van der Waals surface area contributed by atoms with Crippen LogP contribution in [0.1, 0.15) is 48.8 Å². The summed E-state index contributed by atoms with van der Waals surface area (Å²) in [5.74, 6) is -0.297. The Hall–Kier alpha value is -3.03. The van der Waals surface area contributed by atoms with Crippen molar-refractivity contribution in [2.75, 3.05) is 20.3 Å². The Kier molecular flexibility index (Phi) is 7.34. The second-order valence-corrected chi connectivity index (χ2v) is 9.68. The average molecular weight is 482 g/mol. The van der Waals surface area contributed by atoms with Gasteiger partial charge in [0, 0.05) is 37.4 Å². The molecule has 1 aromatic heterocycles. The van der Waals surface area contributed by atoms with Gasteiger partial charge in [-0.25, -0.2) is 17.8 Å². The lowest BCUT2D eigenvalue weighted by Crippen LogP contribution is -2.27. The molecule has 180 valence electrons. The molecule has 1 saturated carbocycles. The van der Waals surface area contributed by atoms with Gasteiger partial charge in [0.25, 0.3) is 11.6 Å². The molecule has 2 N–H and O–H groups in total. The molecule has 1 aliphatic carbocycles. The van der Waals surface area contributed by atoms with Crippen LogP contribution in [0.15, 0.2) is 23.1 Å². The topological polar surface area (TPSA) is 155 Å². The van der Waals surface area contributed by atoms with E-state index in [1.807, 2.05) is 13.8 Å². The number of aromatic nitrogens is 2. The number of hydrogen-bond acceptors (Lipinski definition) is 8. The molecule has 0 saturated heterocycles. The summed E-state index contributed by atoms with van der Waals surface area (Å²) in [4.78, 5) is 22.8. The smallest absolute Gasteiger partial charge is 0.272 e. The number of methoxy groups -OCH3 is 1. The molecule has 0 atom stereocenters. The van der Waals surface area contributed by atoms with Crippen LogP contribution in [0.4, 0.5) is 5.69 Å². The molecule has 33 heavy (non-hydrogen) atoms. The Balaban J connectivity index is 2.04. The molecule has 3 rings (SSSR count). The number of sulfonamides is 1. The van der Waals surface area contributed by atoms with E-state index in [4.69, 9.17) is 9.47 Å². The number of nitrogens with one attached hydrogen (secondary N) is 2. The van der Waals surface area contributed by atoms with Crippen molar-refractivity contribution in [1.82, 2.24) is 19.8 Å². The first-order chi connectivity index (χ1) is 15.5. The molecule has 0 aliphatic heterocycles. The van der Waals surface area contributed by atoms with Crippen molar-refractivity contribution in [3.8, 4) is 11.6 Å². The SMILES string of the molecule is COCCNS(=O)(=O)c1cc([N+](=O)[O-])ccc1Oc1c(C)c(C(=O)NC2CC2)nn1C(C)C. The number of hydrogen-bond donors (Lipinski definition) is 2. The fourth-order valence-corrected chi connectivity index (χ4v) is 4.19. The molecular formula is C20H27N5O7S. The van der Waals surface area contributed by atoms with Crippen molar-refractivity contribution in [2.24, 2.45) is 0 Å². The molecule has 2 aromatic rings. The highest BCUT2D eigenvalue weighted by atomic mass is 32.2. The standard InChI is InChI=1S/C20H27N5O7S/c1-12(2)24-20(13(3)18(23-24)19(26)22-14-5-6-14)32-16-8-7-15(25(27)28)11-17(16)33(29,30)21-9-10-31-4/h7-8,11-12,14,21H,5-6,9-10H2,1-4H3,(H,22,26). The minimum absolute atomic E-state index is 0.0323. The molecule has 1 heterocycles. The van der Waals surface area contributed by atoms with Crippen molar-refractivity contribution in [2.45, 2.75) is 50.6 Å². The van der Waals surface area contributed by atoms with Crippen molar-refractivity contribution >= 4 is 21.6 Å². The maximum absolute atomic E-state index is 12.9. The third-order valence-electron chi connectivity index (χ3n) is 4.94. The summed E-state index contributed by atoms with van der Waals surface area (Å²) in [6, 6.07) is 3.21. The quantitative estimate of drug-likeness (QED) is 0.281. The van der Waals surface area contributed by atoms with Crippen LogP contribution in [-0.4, -0.2) is 55.3 Å². The summed E-state index contributed by atoms with van der Waals surface area (Å²) >= 11 is 0. The number of benzene rings is 1. The zero-order valence-corrected chi connectivity index (χ0v) is 19.6. The largest absolute Gasteiger partial charge is 0.438 e. The van der Waals surface area contributed by atoms with E-state index in [0.29, 0.717) is 5.56 Å². The van der Waals surface area contributed by atoms with Gasteiger partial charge in [-0.1, -0.05) is 0 Å². The summed E-state index contributed by atoms with van der Waals surface area (Å²) in [6.45, 7) is 5.40. The number of nitro groups is 1. The monoisotopic (exact) mass is 481 g/mol. The van der Waals surface area contributed by atoms with Crippen LogP contribution in [-0.2, 0) is 14.8 Å². The van der Waals surface area contributed by atoms with E-state index >= 15 is 0 Å². The number of non-ortho nitro benzene ring substituents is 1. The van der Waals surface area contributed by atoms with Gasteiger partial charge in [0.15, 0.2) is 5.69 Å². The van der Waals surface area contributed by atoms with Crippen molar-refractivity contribution in [3.63, 3.8) is 0 Å². The van der Waals surface area contributed by atoms with Gasteiger partial charge in [-0.05, 0) is 39.7 Å². The van der Waals surface area contributed by atoms with E-state index in [9.17, 15) is 23.3 Å². The molecule has 1 fully saturated rings. The minimum atomic E-state index is -4.17. The number of amides is 1. The highest BCUT2D eigenvalue weighted by molar-refractivity contribution is 7.89. The van der Waals surface area contributed by atoms with Crippen LogP contribution in [0, 0.1) is 17.0 Å². The minimum Gasteiger partial charge on any atom is -0.438 e. The predicted molar refractivity (Wildman–Crippen MR) is 118 cm³/mol. The molecule has 0 radical (unpaired) electrons. The number of nitro benzene ring substituents is 1. The summed E-state index contributed by atoms with van der Waals surface area (Å²) < 4.78 is 40.4. The van der Waals surface area contributed by atoms with Crippen molar-refractivity contribution < 1.29 is 27.6 Å². The maximum atomic E-state index is 12.9. The lowest BCUT2D eigenvalue weighted by molar-refractivity contribution is -0.385. The molecule has 1 aromatic carbocycles. The highest BCUT2D eigenvalue weighted by Gasteiger charge is 2.30. The Labute approximate surface area is 191 Å². The summed E-state index contributed by atoms with van der Waals surface area (Å²) in [6.07, 6.45) is 1.83. The second-order valence-electron chi connectivity index (χ2n) is 7.95. The van der Waals surface area contributed by atoms with Crippen LogP contribution in [0.3, 0.4) is 0 Å². The van der Waals surface area contributed by atoms with Crippen molar-refractivity contribution in [1.29, 1.82) is 0 Å². The Morgan fingerprint density at radius 2 is 2.06 bits per heavy atom. The van der Waals surface area contributed by atoms with Crippen LogP contribution in [0.5, 0.6) is 11.6 Å². The zero-order valence-electron chi connectivity index (χ0n) is 18.8. The summed E-state index contributed by atoms with van der Waals surface area (Å²) in [7, 11) is -2.75. The lowest BCUT2D eigenvalue weighted by atomic mass is 10.2. The number of rotatable bonds is 11. The first kappa shape index (κ1) is 24.6. The van der Waals surface area contributed by atoms with E-state index in [2.05, 4.69) is 15.1 Å². The van der Waals surface area contributed by atoms with Gasteiger partial charge < -0.3 is 14.8 Å². The molecule has 1 amide bonds. The molecule has 0 spiro atoms.